The van der Waals surface area contributed by atoms with Crippen molar-refractivity contribution in [2.45, 2.75) is 49.3 Å². The van der Waals surface area contributed by atoms with E-state index in [9.17, 15) is 20.4 Å². The maximum Gasteiger partial charge on any atom is 0.160 e. The number of fused-ring (bicyclic) bond motifs is 2. The molecule has 9 nitrogen and oxygen atoms in total. The first-order chi connectivity index (χ1) is 21.0. The lowest BCUT2D eigenvalue weighted by molar-refractivity contribution is -0.870. The van der Waals surface area contributed by atoms with Gasteiger partial charge in [0.2, 0.25) is 0 Å². The van der Waals surface area contributed by atoms with Crippen LogP contribution in [-0.2, 0) is 6.42 Å². The molecule has 3 aromatic carbocycles. The zero-order chi connectivity index (χ0) is 29.7. The number of hydrogen-bond acceptors (Lipinski definition) is 8. The van der Waals surface area contributed by atoms with Crippen LogP contribution in [-0.4, -0.2) is 59.6 Å². The second-order valence-corrected chi connectivity index (χ2v) is 11.6. The number of nitrogens with one attached hydrogen (secondary N) is 2. The van der Waals surface area contributed by atoms with E-state index in [0.717, 1.165) is 40.9 Å². The fourth-order valence-corrected chi connectivity index (χ4v) is 7.15. The first kappa shape index (κ1) is 27.5. The zero-order valence-corrected chi connectivity index (χ0v) is 23.8. The van der Waals surface area contributed by atoms with Crippen LogP contribution in [0.5, 0.6) is 28.7 Å². The lowest BCUT2D eigenvalue weighted by Crippen LogP contribution is -3.11. The minimum absolute atomic E-state index is 0.000482. The molecule has 0 radical (unpaired) electrons. The number of hydrogen-bond donors (Lipinski definition) is 6. The molecule has 6 N–H and O–H groups in total. The van der Waals surface area contributed by atoms with Gasteiger partial charge < -0.3 is 40.0 Å². The molecule has 3 aromatic rings. The number of phenolic OH excluding ortho intramolecular Hbond substituents is 2. The number of ether oxygens (including phenoxy) is 3. The molecular weight excluding hydrogens is 548 g/mol. The van der Waals surface area contributed by atoms with Crippen molar-refractivity contribution in [3.63, 3.8) is 0 Å². The van der Waals surface area contributed by atoms with E-state index < -0.39 is 18.1 Å². The molecule has 6 atom stereocenters. The fraction of sp³-hybridized carbons (Fsp3) is 0.353. The quantitative estimate of drug-likeness (QED) is 0.245. The van der Waals surface area contributed by atoms with Crippen molar-refractivity contribution in [1.82, 2.24) is 5.32 Å². The summed E-state index contributed by atoms with van der Waals surface area (Å²) in [6.07, 6.45) is 4.53. The van der Waals surface area contributed by atoms with E-state index in [4.69, 9.17) is 14.2 Å². The minimum atomic E-state index is -0.998. The van der Waals surface area contributed by atoms with E-state index in [1.165, 1.54) is 18.1 Å². The van der Waals surface area contributed by atoms with Crippen LogP contribution in [0.3, 0.4) is 0 Å². The van der Waals surface area contributed by atoms with Crippen molar-refractivity contribution in [2.24, 2.45) is 0 Å². The molecule has 9 heteroatoms. The topological polar surface area (TPSA) is 125 Å². The molecule has 0 amide bonds. The molecule has 0 saturated carbocycles. The van der Waals surface area contributed by atoms with Crippen LogP contribution in [0.25, 0.3) is 11.1 Å². The molecular formula is C34H35N2O7+. The lowest BCUT2D eigenvalue weighted by atomic mass is 9.70. The second-order valence-electron chi connectivity index (χ2n) is 11.6. The third-order valence-corrected chi connectivity index (χ3v) is 9.08. The van der Waals surface area contributed by atoms with Crippen LogP contribution in [0.2, 0.25) is 0 Å². The van der Waals surface area contributed by atoms with E-state index >= 15 is 0 Å². The monoisotopic (exact) mass is 583 g/mol. The Morgan fingerprint density at radius 2 is 1.98 bits per heavy atom. The molecule has 2 aliphatic carbocycles. The fourth-order valence-electron chi connectivity index (χ4n) is 7.15. The highest BCUT2D eigenvalue weighted by Crippen LogP contribution is 2.56. The second kappa shape index (κ2) is 11.0. The summed E-state index contributed by atoms with van der Waals surface area (Å²) < 4.78 is 18.2. The van der Waals surface area contributed by atoms with Crippen molar-refractivity contribution >= 4 is 0 Å². The summed E-state index contributed by atoms with van der Waals surface area (Å²) in [5, 5.41) is 45.6. The maximum atomic E-state index is 12.0. The molecule has 0 saturated heterocycles. The molecule has 2 heterocycles. The first-order valence-corrected chi connectivity index (χ1v) is 14.7. The van der Waals surface area contributed by atoms with Crippen LogP contribution in [0.4, 0.5) is 0 Å². The van der Waals surface area contributed by atoms with E-state index in [1.54, 1.807) is 18.2 Å². The van der Waals surface area contributed by atoms with Gasteiger partial charge in [0, 0.05) is 23.6 Å². The van der Waals surface area contributed by atoms with Crippen molar-refractivity contribution in [2.75, 3.05) is 27.0 Å². The Labute approximate surface area is 249 Å². The van der Waals surface area contributed by atoms with Crippen LogP contribution in [0, 0.1) is 11.8 Å². The predicted molar refractivity (Wildman–Crippen MR) is 158 cm³/mol. The lowest BCUT2D eigenvalue weighted by Gasteiger charge is -2.40. The van der Waals surface area contributed by atoms with Gasteiger partial charge in [-0.05, 0) is 58.9 Å². The van der Waals surface area contributed by atoms with E-state index in [2.05, 4.69) is 23.4 Å². The average Bonchev–Trinajstić information content (AvgIpc) is 3.56. The summed E-state index contributed by atoms with van der Waals surface area (Å²) >= 11 is 0. The molecule has 0 fully saturated rings. The summed E-state index contributed by atoms with van der Waals surface area (Å²) in [4.78, 5) is 1.30. The predicted octanol–water partition coefficient (Wildman–Crippen LogP) is 2.45. The average molecular weight is 584 g/mol. The van der Waals surface area contributed by atoms with Gasteiger partial charge in [-0.3, -0.25) is 4.90 Å². The zero-order valence-electron chi connectivity index (χ0n) is 23.8. The van der Waals surface area contributed by atoms with Gasteiger partial charge in [0.15, 0.2) is 24.3 Å². The van der Waals surface area contributed by atoms with Gasteiger partial charge in [0.25, 0.3) is 0 Å². The van der Waals surface area contributed by atoms with Gasteiger partial charge in [-0.2, -0.15) is 0 Å². The molecule has 222 valence electrons. The van der Waals surface area contributed by atoms with Crippen molar-refractivity contribution in [3.8, 4) is 51.7 Å². The third kappa shape index (κ3) is 4.72. The normalized spacial score (nSPS) is 26.3. The Kier molecular flexibility index (Phi) is 7.06. The third-order valence-electron chi connectivity index (χ3n) is 9.08. The van der Waals surface area contributed by atoms with Gasteiger partial charge >= 0.3 is 0 Å². The molecule has 1 unspecified atom stereocenters. The maximum absolute atomic E-state index is 12.0. The van der Waals surface area contributed by atoms with E-state index in [1.807, 2.05) is 24.4 Å². The summed E-state index contributed by atoms with van der Waals surface area (Å²) in [6, 6.07) is 12.4. The molecule has 0 bridgehead atoms. The summed E-state index contributed by atoms with van der Waals surface area (Å²) in [5.74, 6) is 8.04. The number of methoxy groups -OCH3 is 1. The van der Waals surface area contributed by atoms with Crippen LogP contribution in [0.1, 0.15) is 53.0 Å². The van der Waals surface area contributed by atoms with Crippen LogP contribution in [0.15, 0.2) is 54.9 Å². The largest absolute Gasteiger partial charge is 0.508 e. The Bertz CT molecular complexity index is 1660. The molecule has 0 spiro atoms. The smallest absolute Gasteiger partial charge is 0.160 e. The number of aliphatic hydroxyl groups excluding tert-OH is 2. The Hall–Kier alpha value is -4.36. The summed E-state index contributed by atoms with van der Waals surface area (Å²) in [5.41, 5.74) is 5.44. The van der Waals surface area contributed by atoms with Gasteiger partial charge in [-0.1, -0.05) is 24.0 Å². The molecule has 2 aliphatic heterocycles. The van der Waals surface area contributed by atoms with Gasteiger partial charge in [-0.15, -0.1) is 0 Å². The van der Waals surface area contributed by atoms with Gasteiger partial charge in [0.05, 0.1) is 32.3 Å². The molecule has 0 aromatic heterocycles. The molecule has 7 rings (SSSR count). The first-order valence-electron chi connectivity index (χ1n) is 14.7. The number of benzene rings is 3. The van der Waals surface area contributed by atoms with E-state index in [-0.39, 0.29) is 42.4 Å². The number of aliphatic hydroxyl groups is 2. The number of rotatable bonds is 6. The summed E-state index contributed by atoms with van der Waals surface area (Å²) in [6.45, 7) is 0.729. The standard InChI is InChI=1S/C34H34N2O7/c1-41-27-16-19(5-8-26(27)39)34-33(40)25-4-2-3-22(36-10-9-35-18-36)14-21-13-20-15-23(38)6-7-24(20)31-28(42-12-11-37)17-29(43-34)32(25)30(21)31/h5-10,15-17,21-22,25,33-35,37-40H,3,11-14,18H2,1H3/p+1/t21-,22-,25-,33-,34-/m1/s1. The molecule has 43 heavy (non-hydrogen) atoms. The van der Waals surface area contributed by atoms with Crippen molar-refractivity contribution < 1.29 is 39.5 Å². The van der Waals surface area contributed by atoms with Gasteiger partial charge in [0.1, 0.15) is 42.2 Å². The molecule has 4 aliphatic rings. The highest BCUT2D eigenvalue weighted by Gasteiger charge is 2.45. The minimum Gasteiger partial charge on any atom is -0.508 e. The van der Waals surface area contributed by atoms with Crippen LogP contribution >= 0.6 is 0 Å². The van der Waals surface area contributed by atoms with Crippen molar-refractivity contribution in [1.29, 1.82) is 0 Å². The highest BCUT2D eigenvalue weighted by atomic mass is 16.5. The summed E-state index contributed by atoms with van der Waals surface area (Å²) in [7, 11) is 1.48. The Morgan fingerprint density at radius 3 is 2.77 bits per heavy atom. The number of aromatic hydroxyl groups is 2. The SMILES string of the molecule is COc1cc([C@H]2Oc3cc(OCCO)c4c5c3[C@@H](C#CC[C@@H]([NH+]3C=CNC3)C[C@H]5Cc3cc(O)ccc3-4)[C@H]2O)ccc1O. The number of quaternary nitrogens is 1. The van der Waals surface area contributed by atoms with E-state index in [0.29, 0.717) is 29.9 Å². The van der Waals surface area contributed by atoms with Crippen LogP contribution < -0.4 is 24.4 Å². The Balaban J connectivity index is 1.45. The Morgan fingerprint density at radius 1 is 1.09 bits per heavy atom. The highest BCUT2D eigenvalue weighted by molar-refractivity contribution is 5.83. The number of phenols is 2. The van der Waals surface area contributed by atoms with Gasteiger partial charge in [-0.25, -0.2) is 0 Å². The van der Waals surface area contributed by atoms with Crippen molar-refractivity contribution in [3.05, 3.63) is 77.1 Å².